The maximum atomic E-state index is 9.05. The summed E-state index contributed by atoms with van der Waals surface area (Å²) in [5.41, 5.74) is 0. The summed E-state index contributed by atoms with van der Waals surface area (Å²) in [5, 5.41) is 9.05. The van der Waals surface area contributed by atoms with Gasteiger partial charge in [0.25, 0.3) is 0 Å². The van der Waals surface area contributed by atoms with E-state index in [1.165, 1.54) is 12.8 Å². The molecule has 2 heterocycles. The van der Waals surface area contributed by atoms with Gasteiger partial charge in [0.2, 0.25) is 0 Å². The van der Waals surface area contributed by atoms with Crippen molar-refractivity contribution >= 4 is 0 Å². The maximum absolute atomic E-state index is 9.05. The standard InChI is InChI=1S/C12H23NO2/c1-10-2-3-12(15-10)8-13-6-4-11(9-14)5-7-13/h10-12,14H,2-9H2,1H3. The molecule has 3 nitrogen and oxygen atoms in total. The third kappa shape index (κ3) is 3.16. The van der Waals surface area contributed by atoms with Gasteiger partial charge in [-0.1, -0.05) is 0 Å². The van der Waals surface area contributed by atoms with Crippen LogP contribution in [0.4, 0.5) is 0 Å². The van der Waals surface area contributed by atoms with Gasteiger partial charge in [-0.05, 0) is 51.6 Å². The molecule has 0 amide bonds. The van der Waals surface area contributed by atoms with Gasteiger partial charge in [0, 0.05) is 13.2 Å². The monoisotopic (exact) mass is 213 g/mol. The topological polar surface area (TPSA) is 32.7 Å². The van der Waals surface area contributed by atoms with Crippen LogP contribution in [-0.2, 0) is 4.74 Å². The first-order valence-electron chi connectivity index (χ1n) is 6.26. The van der Waals surface area contributed by atoms with E-state index in [1.807, 2.05) is 0 Å². The summed E-state index contributed by atoms with van der Waals surface area (Å²) in [6.07, 6.45) is 5.67. The molecule has 1 N–H and O–H groups in total. The Morgan fingerprint density at radius 1 is 1.20 bits per heavy atom. The number of hydrogen-bond donors (Lipinski definition) is 1. The van der Waals surface area contributed by atoms with Gasteiger partial charge >= 0.3 is 0 Å². The first kappa shape index (κ1) is 11.4. The molecular weight excluding hydrogens is 190 g/mol. The predicted molar refractivity (Wildman–Crippen MR) is 59.8 cm³/mol. The molecule has 2 fully saturated rings. The van der Waals surface area contributed by atoms with E-state index in [0.29, 0.717) is 24.7 Å². The fourth-order valence-electron chi connectivity index (χ4n) is 2.66. The molecule has 0 aliphatic carbocycles. The Morgan fingerprint density at radius 2 is 1.93 bits per heavy atom. The zero-order chi connectivity index (χ0) is 10.7. The highest BCUT2D eigenvalue weighted by Gasteiger charge is 2.26. The largest absolute Gasteiger partial charge is 0.396 e. The fourth-order valence-corrected chi connectivity index (χ4v) is 2.66. The molecule has 0 bridgehead atoms. The summed E-state index contributed by atoms with van der Waals surface area (Å²) in [4.78, 5) is 2.49. The van der Waals surface area contributed by atoms with E-state index in [9.17, 15) is 0 Å². The van der Waals surface area contributed by atoms with Gasteiger partial charge in [-0.25, -0.2) is 0 Å². The Hall–Kier alpha value is -0.120. The van der Waals surface area contributed by atoms with Crippen molar-refractivity contribution in [3.8, 4) is 0 Å². The fraction of sp³-hybridized carbons (Fsp3) is 1.00. The first-order chi connectivity index (χ1) is 7.28. The van der Waals surface area contributed by atoms with Crippen LogP contribution in [-0.4, -0.2) is 48.5 Å². The second kappa shape index (κ2) is 5.28. The molecule has 2 atom stereocenters. The van der Waals surface area contributed by atoms with Crippen LogP contribution in [0.1, 0.15) is 32.6 Å². The molecule has 0 saturated carbocycles. The normalized spacial score (nSPS) is 34.8. The Bertz CT molecular complexity index is 190. The third-order valence-corrected chi connectivity index (χ3v) is 3.75. The van der Waals surface area contributed by atoms with E-state index < -0.39 is 0 Å². The number of likely N-dealkylation sites (tertiary alicyclic amines) is 1. The van der Waals surface area contributed by atoms with Crippen molar-refractivity contribution in [2.45, 2.75) is 44.8 Å². The molecule has 0 aromatic rings. The predicted octanol–water partition coefficient (Wildman–Crippen LogP) is 1.26. The summed E-state index contributed by atoms with van der Waals surface area (Å²) in [6.45, 7) is 5.91. The van der Waals surface area contributed by atoms with Crippen LogP contribution in [0.15, 0.2) is 0 Å². The van der Waals surface area contributed by atoms with E-state index in [2.05, 4.69) is 11.8 Å². The number of piperidine rings is 1. The van der Waals surface area contributed by atoms with Crippen molar-refractivity contribution in [3.05, 3.63) is 0 Å². The lowest BCUT2D eigenvalue weighted by molar-refractivity contribution is 0.0210. The van der Waals surface area contributed by atoms with E-state index in [-0.39, 0.29) is 0 Å². The molecule has 2 unspecified atom stereocenters. The molecule has 15 heavy (non-hydrogen) atoms. The summed E-state index contributed by atoms with van der Waals surface area (Å²) in [5.74, 6) is 0.546. The van der Waals surface area contributed by atoms with Crippen molar-refractivity contribution in [1.82, 2.24) is 4.90 Å². The van der Waals surface area contributed by atoms with Crippen molar-refractivity contribution in [1.29, 1.82) is 0 Å². The molecule has 0 spiro atoms. The molecule has 2 saturated heterocycles. The van der Waals surface area contributed by atoms with E-state index >= 15 is 0 Å². The summed E-state index contributed by atoms with van der Waals surface area (Å²) in [6, 6.07) is 0. The van der Waals surface area contributed by atoms with Crippen LogP contribution >= 0.6 is 0 Å². The molecule has 88 valence electrons. The lowest BCUT2D eigenvalue weighted by Crippen LogP contribution is -2.39. The second-order valence-electron chi connectivity index (χ2n) is 5.07. The Kier molecular flexibility index (Phi) is 4.00. The minimum Gasteiger partial charge on any atom is -0.396 e. The highest BCUT2D eigenvalue weighted by Crippen LogP contribution is 2.22. The second-order valence-corrected chi connectivity index (χ2v) is 5.07. The van der Waals surface area contributed by atoms with E-state index in [4.69, 9.17) is 9.84 Å². The van der Waals surface area contributed by atoms with Crippen molar-refractivity contribution < 1.29 is 9.84 Å². The lowest BCUT2D eigenvalue weighted by Gasteiger charge is -2.32. The molecular formula is C12H23NO2. The van der Waals surface area contributed by atoms with Crippen LogP contribution in [0.25, 0.3) is 0 Å². The van der Waals surface area contributed by atoms with Crippen molar-refractivity contribution in [2.75, 3.05) is 26.2 Å². The SMILES string of the molecule is CC1CCC(CN2CCC(CO)CC2)O1. The minimum atomic E-state index is 0.366. The van der Waals surface area contributed by atoms with Crippen LogP contribution < -0.4 is 0 Å². The Balaban J connectivity index is 1.68. The Labute approximate surface area is 92.4 Å². The molecule has 2 aliphatic rings. The number of ether oxygens (including phenoxy) is 1. The number of rotatable bonds is 3. The molecule has 2 aliphatic heterocycles. The zero-order valence-electron chi connectivity index (χ0n) is 9.69. The third-order valence-electron chi connectivity index (χ3n) is 3.75. The van der Waals surface area contributed by atoms with Crippen LogP contribution in [0.3, 0.4) is 0 Å². The van der Waals surface area contributed by atoms with Crippen LogP contribution in [0.5, 0.6) is 0 Å². The van der Waals surface area contributed by atoms with Gasteiger partial charge in [0.15, 0.2) is 0 Å². The smallest absolute Gasteiger partial charge is 0.0706 e. The first-order valence-corrected chi connectivity index (χ1v) is 6.26. The van der Waals surface area contributed by atoms with Gasteiger partial charge in [0.05, 0.1) is 12.2 Å². The summed E-state index contributed by atoms with van der Waals surface area (Å²) in [7, 11) is 0. The van der Waals surface area contributed by atoms with Crippen molar-refractivity contribution in [2.24, 2.45) is 5.92 Å². The van der Waals surface area contributed by atoms with E-state index in [1.54, 1.807) is 0 Å². The average Bonchev–Trinajstić information content (AvgIpc) is 2.65. The summed E-state index contributed by atoms with van der Waals surface area (Å²) >= 11 is 0. The lowest BCUT2D eigenvalue weighted by atomic mass is 9.97. The molecule has 0 aromatic heterocycles. The zero-order valence-corrected chi connectivity index (χ0v) is 9.69. The maximum Gasteiger partial charge on any atom is 0.0706 e. The van der Waals surface area contributed by atoms with Crippen LogP contribution in [0.2, 0.25) is 0 Å². The number of nitrogens with zero attached hydrogens (tertiary/aromatic N) is 1. The van der Waals surface area contributed by atoms with Gasteiger partial charge < -0.3 is 14.7 Å². The van der Waals surface area contributed by atoms with Gasteiger partial charge in [0.1, 0.15) is 0 Å². The highest BCUT2D eigenvalue weighted by molar-refractivity contribution is 4.78. The van der Waals surface area contributed by atoms with E-state index in [0.717, 1.165) is 32.5 Å². The average molecular weight is 213 g/mol. The highest BCUT2D eigenvalue weighted by atomic mass is 16.5. The van der Waals surface area contributed by atoms with Crippen LogP contribution in [0, 0.1) is 5.92 Å². The molecule has 0 aromatic carbocycles. The molecule has 2 rings (SSSR count). The number of hydrogen-bond acceptors (Lipinski definition) is 3. The molecule has 3 heteroatoms. The van der Waals surface area contributed by atoms with Gasteiger partial charge in [-0.15, -0.1) is 0 Å². The minimum absolute atomic E-state index is 0.366. The van der Waals surface area contributed by atoms with Gasteiger partial charge in [-0.3, -0.25) is 0 Å². The van der Waals surface area contributed by atoms with Gasteiger partial charge in [-0.2, -0.15) is 0 Å². The Morgan fingerprint density at radius 3 is 2.47 bits per heavy atom. The number of aliphatic hydroxyl groups is 1. The summed E-state index contributed by atoms with van der Waals surface area (Å²) < 4.78 is 5.83. The number of aliphatic hydroxyl groups excluding tert-OH is 1. The quantitative estimate of drug-likeness (QED) is 0.766. The van der Waals surface area contributed by atoms with Crippen molar-refractivity contribution in [3.63, 3.8) is 0 Å². The molecule has 0 radical (unpaired) electrons.